The molecule has 0 spiro atoms. The van der Waals surface area contributed by atoms with E-state index in [1.807, 2.05) is 56.3 Å². The number of sulfonamides is 1. The van der Waals surface area contributed by atoms with Gasteiger partial charge in [-0.2, -0.15) is 0 Å². The molecule has 46 heavy (non-hydrogen) atoms. The number of rotatable bonds is 15. The van der Waals surface area contributed by atoms with E-state index in [9.17, 15) is 18.0 Å². The molecule has 2 amide bonds. The number of carbonyl (C=O) groups is 2. The minimum absolute atomic E-state index is 0.0281. The molecule has 0 saturated heterocycles. The van der Waals surface area contributed by atoms with E-state index in [1.54, 1.807) is 61.7 Å². The molecule has 0 aliphatic carbocycles. The van der Waals surface area contributed by atoms with E-state index in [0.717, 1.165) is 15.4 Å². The van der Waals surface area contributed by atoms with Crippen LogP contribution in [-0.2, 0) is 32.6 Å². The summed E-state index contributed by atoms with van der Waals surface area (Å²) < 4.78 is 40.1. The quantitative estimate of drug-likeness (QED) is 0.185. The molecule has 0 aromatic heterocycles. The molecule has 4 aromatic rings. The molecule has 10 heteroatoms. The number of hydrogen-bond donors (Lipinski definition) is 1. The summed E-state index contributed by atoms with van der Waals surface area (Å²) in [5, 5.41) is 3.04. The van der Waals surface area contributed by atoms with Gasteiger partial charge in [-0.3, -0.25) is 13.9 Å². The highest BCUT2D eigenvalue weighted by Gasteiger charge is 2.35. The minimum Gasteiger partial charge on any atom is -0.497 e. The van der Waals surface area contributed by atoms with Crippen molar-refractivity contribution in [3.63, 3.8) is 0 Å². The molecule has 0 aliphatic heterocycles. The standard InChI is InChI=1S/C36H41N3O6S/c1-5-27(2)37-36(41)34(23-28-14-8-6-9-15-28)38(25-29-16-12-18-31(22-29)44-3)35(40)26-39(30-17-13-19-32(24-30)45-4)46(42,43)33-20-10-7-11-21-33/h6-22,24,27,34H,5,23,25-26H2,1-4H3,(H,37,41). The van der Waals surface area contributed by atoms with Crippen molar-refractivity contribution in [1.82, 2.24) is 10.2 Å². The molecule has 0 heterocycles. The van der Waals surface area contributed by atoms with Crippen LogP contribution in [0.5, 0.6) is 11.5 Å². The van der Waals surface area contributed by atoms with E-state index < -0.39 is 28.5 Å². The summed E-state index contributed by atoms with van der Waals surface area (Å²) in [4.78, 5) is 30.0. The van der Waals surface area contributed by atoms with Crippen molar-refractivity contribution >= 4 is 27.5 Å². The van der Waals surface area contributed by atoms with Crippen LogP contribution in [0.1, 0.15) is 31.4 Å². The van der Waals surface area contributed by atoms with Crippen molar-refractivity contribution in [1.29, 1.82) is 0 Å². The Labute approximate surface area is 271 Å². The van der Waals surface area contributed by atoms with Gasteiger partial charge in [0.1, 0.15) is 24.1 Å². The van der Waals surface area contributed by atoms with Crippen LogP contribution in [0.2, 0.25) is 0 Å². The maximum Gasteiger partial charge on any atom is 0.264 e. The van der Waals surface area contributed by atoms with Gasteiger partial charge in [0.25, 0.3) is 10.0 Å². The SMILES string of the molecule is CCC(C)NC(=O)C(Cc1ccccc1)N(Cc1cccc(OC)c1)C(=O)CN(c1cccc(OC)c1)S(=O)(=O)c1ccccc1. The monoisotopic (exact) mass is 643 g/mol. The van der Waals surface area contributed by atoms with Gasteiger partial charge < -0.3 is 19.7 Å². The van der Waals surface area contributed by atoms with Gasteiger partial charge in [-0.25, -0.2) is 8.42 Å². The number of ether oxygens (including phenoxy) is 2. The van der Waals surface area contributed by atoms with Crippen LogP contribution in [0.15, 0.2) is 114 Å². The first kappa shape index (κ1) is 34.1. The average molecular weight is 644 g/mol. The van der Waals surface area contributed by atoms with Gasteiger partial charge in [0.05, 0.1) is 24.8 Å². The molecule has 0 bridgehead atoms. The molecule has 0 saturated carbocycles. The number of amides is 2. The summed E-state index contributed by atoms with van der Waals surface area (Å²) in [5.74, 6) is 0.151. The first-order valence-electron chi connectivity index (χ1n) is 15.1. The largest absolute Gasteiger partial charge is 0.497 e. The Morgan fingerprint density at radius 1 is 0.783 bits per heavy atom. The van der Waals surface area contributed by atoms with E-state index in [4.69, 9.17) is 9.47 Å². The van der Waals surface area contributed by atoms with Crippen molar-refractivity contribution in [2.24, 2.45) is 0 Å². The first-order valence-corrected chi connectivity index (χ1v) is 16.6. The summed E-state index contributed by atoms with van der Waals surface area (Å²) in [5.41, 5.74) is 1.83. The van der Waals surface area contributed by atoms with Crippen LogP contribution in [0.3, 0.4) is 0 Å². The molecule has 0 fully saturated rings. The number of benzene rings is 4. The highest BCUT2D eigenvalue weighted by atomic mass is 32.2. The van der Waals surface area contributed by atoms with Crippen LogP contribution in [0.4, 0.5) is 5.69 Å². The fraction of sp³-hybridized carbons (Fsp3) is 0.278. The lowest BCUT2D eigenvalue weighted by molar-refractivity contribution is -0.140. The predicted molar refractivity (Wildman–Crippen MR) is 179 cm³/mol. The fourth-order valence-electron chi connectivity index (χ4n) is 4.98. The molecular weight excluding hydrogens is 602 g/mol. The molecule has 2 atom stereocenters. The maximum atomic E-state index is 14.6. The molecule has 242 valence electrons. The highest BCUT2D eigenvalue weighted by Crippen LogP contribution is 2.28. The summed E-state index contributed by atoms with van der Waals surface area (Å²) in [6.45, 7) is 3.36. The zero-order valence-electron chi connectivity index (χ0n) is 26.6. The van der Waals surface area contributed by atoms with Crippen molar-refractivity contribution in [3.05, 3.63) is 120 Å². The van der Waals surface area contributed by atoms with Crippen molar-refractivity contribution in [2.45, 2.75) is 50.2 Å². The van der Waals surface area contributed by atoms with Crippen LogP contribution >= 0.6 is 0 Å². The van der Waals surface area contributed by atoms with E-state index in [0.29, 0.717) is 17.9 Å². The van der Waals surface area contributed by atoms with Gasteiger partial charge in [-0.05, 0) is 60.9 Å². The highest BCUT2D eigenvalue weighted by molar-refractivity contribution is 7.92. The van der Waals surface area contributed by atoms with Crippen LogP contribution in [-0.4, -0.2) is 58.0 Å². The summed E-state index contributed by atoms with van der Waals surface area (Å²) in [6, 6.07) is 30.1. The van der Waals surface area contributed by atoms with Crippen LogP contribution in [0, 0.1) is 0 Å². The summed E-state index contributed by atoms with van der Waals surface area (Å²) in [7, 11) is -1.17. The van der Waals surface area contributed by atoms with Crippen molar-refractivity contribution < 1.29 is 27.5 Å². The Balaban J connectivity index is 1.82. The Morgan fingerprint density at radius 2 is 1.37 bits per heavy atom. The molecular formula is C36H41N3O6S. The molecule has 0 aliphatic rings. The Kier molecular flexibility index (Phi) is 11.8. The lowest BCUT2D eigenvalue weighted by Gasteiger charge is -2.34. The second-order valence-corrected chi connectivity index (χ2v) is 12.8. The van der Waals surface area contributed by atoms with E-state index >= 15 is 0 Å². The molecule has 2 unspecified atom stereocenters. The van der Waals surface area contributed by atoms with Gasteiger partial charge in [0.15, 0.2) is 0 Å². The van der Waals surface area contributed by atoms with Gasteiger partial charge in [-0.15, -0.1) is 0 Å². The van der Waals surface area contributed by atoms with E-state index in [2.05, 4.69) is 5.32 Å². The molecule has 4 aromatic carbocycles. The summed E-state index contributed by atoms with van der Waals surface area (Å²) >= 11 is 0. The second kappa shape index (κ2) is 15.9. The van der Waals surface area contributed by atoms with E-state index in [-0.39, 0.29) is 35.5 Å². The Hall–Kier alpha value is -4.83. The minimum atomic E-state index is -4.21. The number of nitrogens with zero attached hydrogens (tertiary/aromatic N) is 2. The number of carbonyl (C=O) groups excluding carboxylic acids is 2. The van der Waals surface area contributed by atoms with Crippen LogP contribution in [0.25, 0.3) is 0 Å². The molecule has 4 rings (SSSR count). The number of nitrogens with one attached hydrogen (secondary N) is 1. The van der Waals surface area contributed by atoms with Gasteiger partial charge >= 0.3 is 0 Å². The zero-order valence-corrected chi connectivity index (χ0v) is 27.4. The lowest BCUT2D eigenvalue weighted by atomic mass is 10.0. The van der Waals surface area contributed by atoms with E-state index in [1.165, 1.54) is 24.1 Å². The smallest absolute Gasteiger partial charge is 0.264 e. The van der Waals surface area contributed by atoms with Crippen molar-refractivity contribution in [2.75, 3.05) is 25.1 Å². The first-order chi connectivity index (χ1) is 22.2. The zero-order chi connectivity index (χ0) is 33.1. The third kappa shape index (κ3) is 8.66. The summed E-state index contributed by atoms with van der Waals surface area (Å²) in [6.07, 6.45) is 0.927. The Bertz CT molecular complexity index is 1700. The third-order valence-corrected chi connectivity index (χ3v) is 9.50. The lowest BCUT2D eigenvalue weighted by Crippen LogP contribution is -2.54. The molecule has 1 N–H and O–H groups in total. The second-order valence-electron chi connectivity index (χ2n) is 10.9. The van der Waals surface area contributed by atoms with Crippen molar-refractivity contribution in [3.8, 4) is 11.5 Å². The number of hydrogen-bond acceptors (Lipinski definition) is 6. The van der Waals surface area contributed by atoms with Crippen LogP contribution < -0.4 is 19.1 Å². The van der Waals surface area contributed by atoms with Gasteiger partial charge in [0.2, 0.25) is 11.8 Å². The number of anilines is 1. The molecule has 9 nitrogen and oxygen atoms in total. The van der Waals surface area contributed by atoms with Gasteiger partial charge in [-0.1, -0.05) is 73.7 Å². The van der Waals surface area contributed by atoms with Gasteiger partial charge in [0, 0.05) is 25.1 Å². The Morgan fingerprint density at radius 3 is 2.00 bits per heavy atom. The maximum absolute atomic E-state index is 14.6. The predicted octanol–water partition coefficient (Wildman–Crippen LogP) is 5.45. The average Bonchev–Trinajstić information content (AvgIpc) is 3.09. The number of methoxy groups -OCH3 is 2. The molecule has 0 radical (unpaired) electrons. The normalized spacial score (nSPS) is 12.4. The fourth-order valence-corrected chi connectivity index (χ4v) is 6.40. The third-order valence-electron chi connectivity index (χ3n) is 7.71. The topological polar surface area (TPSA) is 105 Å².